The van der Waals surface area contributed by atoms with E-state index in [-0.39, 0.29) is 63.5 Å². The Labute approximate surface area is 259 Å². The van der Waals surface area contributed by atoms with Crippen LogP contribution in [0.2, 0.25) is 0 Å². The molecule has 6 aliphatic rings. The Bertz CT molecular complexity index is 1210. The molecule has 5 saturated carbocycles. The van der Waals surface area contributed by atoms with Gasteiger partial charge in [0.2, 0.25) is 0 Å². The molecule has 0 aliphatic heterocycles. The molecule has 1 N–H and O–H groups in total. The van der Waals surface area contributed by atoms with Crippen LogP contribution < -0.4 is 5.32 Å². The molecule has 0 heterocycles. The van der Waals surface area contributed by atoms with Crippen LogP contribution in [0.1, 0.15) is 139 Å². The van der Waals surface area contributed by atoms with Crippen LogP contribution in [0.15, 0.2) is 11.1 Å². The second-order valence-corrected chi connectivity index (χ2v) is 17.2. The maximum Gasteiger partial charge on any atom is 0.408 e. The summed E-state index contributed by atoms with van der Waals surface area (Å²) in [6.07, 6.45) is 12.4. The number of fused-ring (bicyclic) bond motifs is 6. The standard InChI is InChI=1S/C37H57NO5/c1-22(2)30-26(40)21-37(38-32(41)43-24-11-9-10-12-24)20-19-35(7)25(31(30)37)13-14-28-34(6)17-16-29(42-23(3)39)33(4,5)27(34)15-18-36(28,35)8/h22,24,27-30H,9-21H2,1-8H3,(H,38,41)/t27?,28?,29-,30?,34-,35+,36+,37+/m0/s1. The zero-order valence-electron chi connectivity index (χ0n) is 28.2. The van der Waals surface area contributed by atoms with E-state index in [2.05, 4.69) is 53.8 Å². The lowest BCUT2D eigenvalue weighted by molar-refractivity contribution is -0.212. The molecule has 6 nitrogen and oxygen atoms in total. The number of ketones is 1. The summed E-state index contributed by atoms with van der Waals surface area (Å²) in [5.74, 6) is 1.25. The van der Waals surface area contributed by atoms with Crippen molar-refractivity contribution < 1.29 is 23.9 Å². The van der Waals surface area contributed by atoms with Gasteiger partial charge in [0.15, 0.2) is 0 Å². The van der Waals surface area contributed by atoms with Crippen LogP contribution in [0.3, 0.4) is 0 Å². The third-order valence-electron chi connectivity index (χ3n) is 14.5. The van der Waals surface area contributed by atoms with Gasteiger partial charge in [0, 0.05) is 24.7 Å². The number of esters is 1. The first-order valence-corrected chi connectivity index (χ1v) is 17.5. The fraction of sp³-hybridized carbons (Fsp3) is 0.865. The van der Waals surface area contributed by atoms with Crippen molar-refractivity contribution in [2.75, 3.05) is 0 Å². The highest BCUT2D eigenvalue weighted by Gasteiger charge is 2.69. The SMILES string of the molecule is CC(=O)O[C@H]1CC[C@@]2(C)C(CC[C@]3(C)C2CCC2=C4C(C(C)C)C(=O)C[C@]4(NC(=O)OC4CCCC4)CC[C@]23C)C1(C)C. The minimum atomic E-state index is -0.606. The maximum atomic E-state index is 13.8. The Hall–Kier alpha value is -1.85. The molecule has 0 aromatic rings. The number of ether oxygens (including phenoxy) is 2. The molecular formula is C37H57NO5. The van der Waals surface area contributed by atoms with E-state index in [4.69, 9.17) is 9.47 Å². The van der Waals surface area contributed by atoms with Crippen LogP contribution in [0.25, 0.3) is 0 Å². The Morgan fingerprint density at radius 2 is 1.56 bits per heavy atom. The number of hydrogen-bond donors (Lipinski definition) is 1. The minimum Gasteiger partial charge on any atom is -0.462 e. The quantitative estimate of drug-likeness (QED) is 0.261. The van der Waals surface area contributed by atoms with Crippen molar-refractivity contribution in [1.29, 1.82) is 0 Å². The lowest BCUT2D eigenvalue weighted by Crippen LogP contribution is -2.65. The van der Waals surface area contributed by atoms with Gasteiger partial charge in [0.1, 0.15) is 18.0 Å². The summed E-state index contributed by atoms with van der Waals surface area (Å²) < 4.78 is 11.8. The molecule has 0 spiro atoms. The number of hydrogen-bond acceptors (Lipinski definition) is 5. The highest BCUT2D eigenvalue weighted by molar-refractivity contribution is 5.92. The predicted molar refractivity (Wildman–Crippen MR) is 167 cm³/mol. The molecule has 0 bridgehead atoms. The van der Waals surface area contributed by atoms with E-state index in [1.165, 1.54) is 11.1 Å². The van der Waals surface area contributed by atoms with Gasteiger partial charge >= 0.3 is 12.1 Å². The largest absolute Gasteiger partial charge is 0.462 e. The van der Waals surface area contributed by atoms with Gasteiger partial charge in [-0.1, -0.05) is 54.0 Å². The van der Waals surface area contributed by atoms with E-state index in [0.29, 0.717) is 18.3 Å². The maximum absolute atomic E-state index is 13.8. The van der Waals surface area contributed by atoms with Crippen molar-refractivity contribution in [1.82, 2.24) is 5.32 Å². The zero-order valence-corrected chi connectivity index (χ0v) is 28.2. The first kappa shape index (κ1) is 31.1. The summed E-state index contributed by atoms with van der Waals surface area (Å²) in [6.45, 7) is 18.2. The molecule has 5 fully saturated rings. The van der Waals surface area contributed by atoms with Gasteiger partial charge in [-0.05, 0) is 117 Å². The third-order valence-corrected chi connectivity index (χ3v) is 14.5. The number of allylic oxidation sites excluding steroid dienone is 1. The molecule has 6 heteroatoms. The van der Waals surface area contributed by atoms with Gasteiger partial charge in [0.25, 0.3) is 0 Å². The Morgan fingerprint density at radius 3 is 2.21 bits per heavy atom. The van der Waals surface area contributed by atoms with Crippen molar-refractivity contribution in [2.24, 2.45) is 45.3 Å². The summed E-state index contributed by atoms with van der Waals surface area (Å²) in [5, 5.41) is 3.37. The number of nitrogens with one attached hydrogen (secondary N) is 1. The van der Waals surface area contributed by atoms with Crippen LogP contribution >= 0.6 is 0 Å². The second kappa shape index (κ2) is 10.3. The third kappa shape index (κ3) is 4.48. The van der Waals surface area contributed by atoms with Crippen molar-refractivity contribution >= 4 is 17.8 Å². The fourth-order valence-corrected chi connectivity index (χ4v) is 12.4. The smallest absolute Gasteiger partial charge is 0.408 e. The molecule has 43 heavy (non-hydrogen) atoms. The summed E-state index contributed by atoms with van der Waals surface area (Å²) in [7, 11) is 0. The number of amides is 1. The van der Waals surface area contributed by atoms with Crippen molar-refractivity contribution in [3.8, 4) is 0 Å². The number of rotatable bonds is 4. The summed E-state index contributed by atoms with van der Waals surface area (Å²) >= 11 is 0. The number of alkyl carbamates (subject to hydrolysis) is 1. The summed E-state index contributed by atoms with van der Waals surface area (Å²) in [5.41, 5.74) is 2.33. The highest BCUT2D eigenvalue weighted by Crippen LogP contribution is 2.75. The normalized spacial score (nSPS) is 43.9. The van der Waals surface area contributed by atoms with Crippen molar-refractivity contribution in [3.05, 3.63) is 11.1 Å². The molecule has 1 amide bonds. The van der Waals surface area contributed by atoms with Crippen LogP contribution in [-0.4, -0.2) is 35.6 Å². The second-order valence-electron chi connectivity index (χ2n) is 17.2. The van der Waals surface area contributed by atoms with Gasteiger partial charge in [-0.2, -0.15) is 0 Å². The van der Waals surface area contributed by atoms with Gasteiger partial charge in [-0.3, -0.25) is 9.59 Å². The average Bonchev–Trinajstić information content (AvgIpc) is 3.51. The first-order valence-electron chi connectivity index (χ1n) is 17.5. The average molecular weight is 596 g/mol. The molecule has 3 unspecified atom stereocenters. The first-order chi connectivity index (χ1) is 20.1. The fourth-order valence-electron chi connectivity index (χ4n) is 12.4. The predicted octanol–water partition coefficient (Wildman–Crippen LogP) is 8.32. The number of carbonyl (C=O) groups excluding carboxylic acids is 3. The lowest BCUT2D eigenvalue weighted by Gasteiger charge is -2.70. The molecule has 6 aliphatic carbocycles. The molecular weight excluding hydrogens is 538 g/mol. The zero-order chi connectivity index (χ0) is 31.2. The van der Waals surface area contributed by atoms with E-state index >= 15 is 0 Å². The molecule has 240 valence electrons. The van der Waals surface area contributed by atoms with Gasteiger partial charge in [-0.25, -0.2) is 4.79 Å². The molecule has 0 saturated heterocycles. The minimum absolute atomic E-state index is 0.00447. The molecule has 0 radical (unpaired) electrons. The highest BCUT2D eigenvalue weighted by atomic mass is 16.6. The van der Waals surface area contributed by atoms with Gasteiger partial charge < -0.3 is 14.8 Å². The van der Waals surface area contributed by atoms with E-state index in [9.17, 15) is 14.4 Å². The molecule has 0 aromatic heterocycles. The van der Waals surface area contributed by atoms with Crippen molar-refractivity contribution in [3.63, 3.8) is 0 Å². The van der Waals surface area contributed by atoms with Crippen molar-refractivity contribution in [2.45, 2.75) is 157 Å². The van der Waals surface area contributed by atoms with E-state index < -0.39 is 5.54 Å². The molecule has 6 rings (SSSR count). The Balaban J connectivity index is 1.37. The topological polar surface area (TPSA) is 81.7 Å². The van der Waals surface area contributed by atoms with E-state index in [1.807, 2.05) is 0 Å². The van der Waals surface area contributed by atoms with E-state index in [1.54, 1.807) is 6.92 Å². The monoisotopic (exact) mass is 595 g/mol. The molecule has 8 atom stereocenters. The summed E-state index contributed by atoms with van der Waals surface area (Å²) in [6, 6.07) is 0. The van der Waals surface area contributed by atoms with Gasteiger partial charge in [-0.15, -0.1) is 0 Å². The van der Waals surface area contributed by atoms with Gasteiger partial charge in [0.05, 0.1) is 5.54 Å². The number of Topliss-reactive ketones (excluding diaryl/α,β-unsaturated/α-hetero) is 1. The van der Waals surface area contributed by atoms with Crippen LogP contribution in [0, 0.1) is 45.3 Å². The lowest BCUT2D eigenvalue weighted by atomic mass is 9.34. The Kier molecular flexibility index (Phi) is 7.49. The number of carbonyl (C=O) groups is 3. The summed E-state index contributed by atoms with van der Waals surface area (Å²) in [4.78, 5) is 39.2. The Morgan fingerprint density at radius 1 is 0.860 bits per heavy atom. The molecule has 0 aromatic carbocycles. The van der Waals surface area contributed by atoms with Crippen LogP contribution in [-0.2, 0) is 19.1 Å². The van der Waals surface area contributed by atoms with Crippen LogP contribution in [0.4, 0.5) is 4.79 Å². The van der Waals surface area contributed by atoms with Crippen LogP contribution in [0.5, 0.6) is 0 Å². The van der Waals surface area contributed by atoms with E-state index in [0.717, 1.165) is 77.0 Å².